The van der Waals surface area contributed by atoms with Crippen LogP contribution < -0.4 is 0 Å². The number of fused-ring (bicyclic) bond motifs is 3. The molecule has 1 N–H and O–H groups in total. The van der Waals surface area contributed by atoms with Gasteiger partial charge >= 0.3 is 0 Å². The van der Waals surface area contributed by atoms with Gasteiger partial charge in [-0.3, -0.25) is 0 Å². The molecule has 3 aromatic heterocycles. The molecule has 0 aliphatic carbocycles. The van der Waals surface area contributed by atoms with E-state index in [1.54, 1.807) is 6.07 Å². The van der Waals surface area contributed by atoms with E-state index in [2.05, 4.69) is 56.6 Å². The van der Waals surface area contributed by atoms with Gasteiger partial charge in [-0.1, -0.05) is 66.7 Å². The fourth-order valence-corrected chi connectivity index (χ4v) is 5.51. The van der Waals surface area contributed by atoms with Crippen molar-refractivity contribution >= 4 is 32.6 Å². The molecule has 9 rings (SSSR count). The van der Waals surface area contributed by atoms with Crippen LogP contribution in [0.2, 0.25) is 0 Å². The first-order valence-electron chi connectivity index (χ1n) is 15.9. The summed E-state index contributed by atoms with van der Waals surface area (Å²) in [6.45, 7) is 1.96. The number of hydrogen-bond donors (Lipinski definition) is 1. The maximum absolute atomic E-state index is 9.81. The van der Waals surface area contributed by atoms with Gasteiger partial charge in [0.05, 0.1) is 0 Å². The second-order valence-electron chi connectivity index (χ2n) is 11.3. The summed E-state index contributed by atoms with van der Waals surface area (Å²) in [5, 5.41) is 23.2. The quantitative estimate of drug-likeness (QED) is 0.180. The average molecular weight is 826 g/mol. The Morgan fingerprint density at radius 3 is 1.52 bits per heavy atom. The van der Waals surface area contributed by atoms with Crippen molar-refractivity contribution in [1.82, 2.24) is 25.0 Å². The molecule has 6 aromatic carbocycles. The van der Waals surface area contributed by atoms with E-state index in [4.69, 9.17) is 0 Å². The van der Waals surface area contributed by atoms with Gasteiger partial charge in [-0.05, 0) is 81.8 Å². The first-order valence-corrected chi connectivity index (χ1v) is 15.9. The predicted octanol–water partition coefficient (Wildman–Crippen LogP) is 9.84. The van der Waals surface area contributed by atoms with Gasteiger partial charge in [0.2, 0.25) is 0 Å². The standard InChI is InChI=1S/2C15H10N.C13H11N3O.Ir/c2*1-2-7-13(8-3-1)15-14-9-5-4-6-12(14)10-11-16-15;1-9-6-7-13(17)12(8-9)16-14-10-4-2-3-5-11(10)15-16;/h2*1-7,9-11H;2-8,17H,1H3;/q2*-1;;. The van der Waals surface area contributed by atoms with Crippen LogP contribution in [0.4, 0.5) is 0 Å². The average Bonchev–Trinajstić information content (AvgIpc) is 3.61. The first-order chi connectivity index (χ1) is 24.1. The van der Waals surface area contributed by atoms with E-state index in [0.29, 0.717) is 5.69 Å². The molecule has 0 bridgehead atoms. The van der Waals surface area contributed by atoms with Gasteiger partial charge in [0.25, 0.3) is 0 Å². The van der Waals surface area contributed by atoms with E-state index >= 15 is 0 Å². The molecule has 0 aliphatic rings. The van der Waals surface area contributed by atoms with Crippen molar-refractivity contribution in [2.75, 3.05) is 0 Å². The number of rotatable bonds is 3. The van der Waals surface area contributed by atoms with Crippen molar-refractivity contribution in [2.45, 2.75) is 6.92 Å². The zero-order valence-electron chi connectivity index (χ0n) is 27.1. The van der Waals surface area contributed by atoms with Gasteiger partial charge in [0, 0.05) is 32.5 Å². The summed E-state index contributed by atoms with van der Waals surface area (Å²) in [6, 6.07) is 55.9. The number of hydrogen-bond acceptors (Lipinski definition) is 5. The topological polar surface area (TPSA) is 76.7 Å². The molecule has 0 unspecified atom stereocenters. The summed E-state index contributed by atoms with van der Waals surface area (Å²) in [4.78, 5) is 10.4. The number of aryl methyl sites for hydroxylation is 1. The number of benzene rings is 6. The van der Waals surface area contributed by atoms with E-state index in [1.165, 1.54) is 26.3 Å². The van der Waals surface area contributed by atoms with Crippen molar-refractivity contribution in [3.05, 3.63) is 182 Å². The SMILES string of the molecule is Cc1ccc(O)c(-n2nc3ccccc3n2)c1.[Ir].[c-]1ccccc1-c1nccc2ccccc12.[c-]1ccccc1-c1nccc2ccccc12. The van der Waals surface area contributed by atoms with Crippen LogP contribution in [0.5, 0.6) is 5.75 Å². The zero-order valence-corrected chi connectivity index (χ0v) is 29.5. The van der Waals surface area contributed by atoms with Crippen LogP contribution in [-0.4, -0.2) is 30.1 Å². The molecule has 0 atom stereocenters. The largest absolute Gasteiger partial charge is 0.506 e. The van der Waals surface area contributed by atoms with Gasteiger partial charge in [-0.2, -0.15) is 0 Å². The third-order valence-corrected chi connectivity index (χ3v) is 7.91. The summed E-state index contributed by atoms with van der Waals surface area (Å²) in [6.07, 6.45) is 3.69. The fourth-order valence-electron chi connectivity index (χ4n) is 5.51. The predicted molar refractivity (Wildman–Crippen MR) is 197 cm³/mol. The van der Waals surface area contributed by atoms with Crippen LogP contribution in [0.25, 0.3) is 60.8 Å². The summed E-state index contributed by atoms with van der Waals surface area (Å²) >= 11 is 0. The van der Waals surface area contributed by atoms with E-state index in [0.717, 1.165) is 39.1 Å². The third kappa shape index (κ3) is 7.66. The zero-order chi connectivity index (χ0) is 33.4. The molecule has 3 heterocycles. The second-order valence-corrected chi connectivity index (χ2v) is 11.3. The van der Waals surface area contributed by atoms with Crippen LogP contribution >= 0.6 is 0 Å². The molecule has 6 nitrogen and oxygen atoms in total. The summed E-state index contributed by atoms with van der Waals surface area (Å²) in [5.74, 6) is 0.177. The maximum Gasteiger partial charge on any atom is 0.143 e. The summed E-state index contributed by atoms with van der Waals surface area (Å²) < 4.78 is 0. The van der Waals surface area contributed by atoms with Gasteiger partial charge in [-0.25, -0.2) is 0 Å². The summed E-state index contributed by atoms with van der Waals surface area (Å²) in [5.41, 5.74) is 7.36. The minimum absolute atomic E-state index is 0. The molecule has 0 fully saturated rings. The van der Waals surface area contributed by atoms with Gasteiger partial charge in [0.15, 0.2) is 0 Å². The van der Waals surface area contributed by atoms with Crippen molar-refractivity contribution < 1.29 is 25.2 Å². The van der Waals surface area contributed by atoms with E-state index < -0.39 is 0 Å². The molecule has 245 valence electrons. The van der Waals surface area contributed by atoms with E-state index in [-0.39, 0.29) is 25.9 Å². The molecule has 0 saturated carbocycles. The number of phenolic OH excluding ortho intramolecular Hbond substituents is 1. The Balaban J connectivity index is 0.000000128. The molecule has 9 aromatic rings. The molecule has 50 heavy (non-hydrogen) atoms. The molecule has 0 spiro atoms. The molecule has 0 amide bonds. The first kappa shape index (κ1) is 33.9. The Kier molecular flexibility index (Phi) is 10.8. The van der Waals surface area contributed by atoms with Crippen molar-refractivity contribution in [3.63, 3.8) is 0 Å². The van der Waals surface area contributed by atoms with Gasteiger partial charge in [-0.15, -0.1) is 86.8 Å². The number of aromatic hydroxyl groups is 1. The molecule has 1 radical (unpaired) electrons. The minimum Gasteiger partial charge on any atom is -0.506 e. The van der Waals surface area contributed by atoms with Crippen molar-refractivity contribution in [3.8, 4) is 34.0 Å². The number of phenols is 1. The smallest absolute Gasteiger partial charge is 0.143 e. The second kappa shape index (κ2) is 15.9. The minimum atomic E-state index is 0. The number of pyridine rings is 2. The number of aromatic nitrogens is 5. The summed E-state index contributed by atoms with van der Waals surface area (Å²) in [7, 11) is 0. The third-order valence-electron chi connectivity index (χ3n) is 7.91. The van der Waals surface area contributed by atoms with Crippen LogP contribution in [0.1, 0.15) is 5.56 Å². The molecule has 0 aliphatic heterocycles. The van der Waals surface area contributed by atoms with Crippen LogP contribution in [0.15, 0.2) is 164 Å². The Bertz CT molecular complexity index is 2320. The van der Waals surface area contributed by atoms with E-state index in [9.17, 15) is 5.11 Å². The van der Waals surface area contributed by atoms with Crippen molar-refractivity contribution in [1.29, 1.82) is 0 Å². The van der Waals surface area contributed by atoms with E-state index in [1.807, 2.05) is 141 Å². The number of nitrogens with zero attached hydrogens (tertiary/aromatic N) is 5. The maximum atomic E-state index is 9.81. The van der Waals surface area contributed by atoms with Gasteiger partial charge < -0.3 is 15.1 Å². The Morgan fingerprint density at radius 1 is 0.540 bits per heavy atom. The van der Waals surface area contributed by atoms with Crippen LogP contribution in [0.3, 0.4) is 0 Å². The van der Waals surface area contributed by atoms with Crippen LogP contribution in [-0.2, 0) is 20.1 Å². The van der Waals surface area contributed by atoms with Crippen LogP contribution in [0, 0.1) is 19.1 Å². The Hall–Kier alpha value is -6.01. The van der Waals surface area contributed by atoms with Crippen molar-refractivity contribution in [2.24, 2.45) is 0 Å². The fraction of sp³-hybridized carbons (Fsp3) is 0.0233. The van der Waals surface area contributed by atoms with Gasteiger partial charge in [0.1, 0.15) is 22.5 Å². The Morgan fingerprint density at radius 2 is 1.02 bits per heavy atom. The molecular weight excluding hydrogens is 795 g/mol. The Labute approximate surface area is 304 Å². The normalized spacial score (nSPS) is 10.4. The molecular formula is C43H31IrN5O-2. The molecule has 7 heteroatoms. The monoisotopic (exact) mass is 826 g/mol. The molecule has 0 saturated heterocycles.